The molecule has 1 saturated carbocycles. The van der Waals surface area contributed by atoms with E-state index >= 15 is 0 Å². The van der Waals surface area contributed by atoms with Crippen molar-refractivity contribution in [1.82, 2.24) is 5.32 Å². The zero-order valence-corrected chi connectivity index (χ0v) is 10.7. The van der Waals surface area contributed by atoms with E-state index in [1.807, 2.05) is 6.07 Å². The summed E-state index contributed by atoms with van der Waals surface area (Å²) in [6.45, 7) is 3.34. The highest BCUT2D eigenvalue weighted by molar-refractivity contribution is 7.16. The Morgan fingerprint density at radius 3 is 3.00 bits per heavy atom. The SMILES string of the molecule is CC1CCCC(NCc2ccc(Cl)s2)C1. The summed E-state index contributed by atoms with van der Waals surface area (Å²) in [5, 5.41) is 3.63. The van der Waals surface area contributed by atoms with Crippen LogP contribution in [0.1, 0.15) is 37.5 Å². The quantitative estimate of drug-likeness (QED) is 0.844. The number of rotatable bonds is 3. The molecule has 0 aromatic carbocycles. The minimum Gasteiger partial charge on any atom is -0.309 e. The number of hydrogen-bond acceptors (Lipinski definition) is 2. The number of thiophene rings is 1. The maximum absolute atomic E-state index is 5.90. The second-order valence-corrected chi connectivity index (χ2v) is 6.36. The van der Waals surface area contributed by atoms with Crippen LogP contribution in [0.3, 0.4) is 0 Å². The van der Waals surface area contributed by atoms with E-state index in [9.17, 15) is 0 Å². The van der Waals surface area contributed by atoms with Gasteiger partial charge in [-0.2, -0.15) is 0 Å². The Balaban J connectivity index is 1.77. The topological polar surface area (TPSA) is 12.0 Å². The van der Waals surface area contributed by atoms with Crippen molar-refractivity contribution >= 4 is 22.9 Å². The fourth-order valence-corrected chi connectivity index (χ4v) is 3.35. The third kappa shape index (κ3) is 3.47. The van der Waals surface area contributed by atoms with Gasteiger partial charge in [-0.05, 0) is 30.9 Å². The normalized spacial score (nSPS) is 26.8. The monoisotopic (exact) mass is 243 g/mol. The molecule has 2 unspecified atom stereocenters. The molecule has 2 atom stereocenters. The lowest BCUT2D eigenvalue weighted by molar-refractivity contribution is 0.301. The van der Waals surface area contributed by atoms with Gasteiger partial charge in [0, 0.05) is 17.5 Å². The first kappa shape index (κ1) is 11.4. The van der Waals surface area contributed by atoms with Crippen LogP contribution in [0.2, 0.25) is 4.34 Å². The van der Waals surface area contributed by atoms with Crippen LogP contribution in [0, 0.1) is 5.92 Å². The van der Waals surface area contributed by atoms with Gasteiger partial charge in [-0.15, -0.1) is 11.3 Å². The number of hydrogen-bond donors (Lipinski definition) is 1. The van der Waals surface area contributed by atoms with Crippen molar-refractivity contribution in [1.29, 1.82) is 0 Å². The van der Waals surface area contributed by atoms with Crippen molar-refractivity contribution in [3.63, 3.8) is 0 Å². The second-order valence-electron chi connectivity index (χ2n) is 4.56. The van der Waals surface area contributed by atoms with Gasteiger partial charge in [0.15, 0.2) is 0 Å². The molecule has 1 aliphatic rings. The van der Waals surface area contributed by atoms with Crippen LogP contribution in [-0.4, -0.2) is 6.04 Å². The largest absolute Gasteiger partial charge is 0.309 e. The molecule has 1 aromatic rings. The van der Waals surface area contributed by atoms with E-state index in [-0.39, 0.29) is 0 Å². The Morgan fingerprint density at radius 1 is 1.47 bits per heavy atom. The summed E-state index contributed by atoms with van der Waals surface area (Å²) in [5.41, 5.74) is 0. The molecule has 1 fully saturated rings. The predicted molar refractivity (Wildman–Crippen MR) is 67.6 cm³/mol. The van der Waals surface area contributed by atoms with Gasteiger partial charge in [0.05, 0.1) is 4.34 Å². The molecule has 0 radical (unpaired) electrons. The van der Waals surface area contributed by atoms with Gasteiger partial charge >= 0.3 is 0 Å². The van der Waals surface area contributed by atoms with Gasteiger partial charge in [0.1, 0.15) is 0 Å². The van der Waals surface area contributed by atoms with E-state index in [2.05, 4.69) is 18.3 Å². The standard InChI is InChI=1S/C12H18ClNS/c1-9-3-2-4-10(7-9)14-8-11-5-6-12(13)15-11/h5-6,9-10,14H,2-4,7-8H2,1H3. The van der Waals surface area contributed by atoms with Gasteiger partial charge < -0.3 is 5.32 Å². The van der Waals surface area contributed by atoms with Crippen molar-refractivity contribution in [3.05, 3.63) is 21.3 Å². The van der Waals surface area contributed by atoms with E-state index in [4.69, 9.17) is 11.6 Å². The molecule has 0 aliphatic heterocycles. The summed E-state index contributed by atoms with van der Waals surface area (Å²) < 4.78 is 0.892. The van der Waals surface area contributed by atoms with Gasteiger partial charge in [-0.1, -0.05) is 31.4 Å². The lowest BCUT2D eigenvalue weighted by Gasteiger charge is -2.27. The maximum Gasteiger partial charge on any atom is 0.0931 e. The second kappa shape index (κ2) is 5.33. The average molecular weight is 244 g/mol. The summed E-state index contributed by atoms with van der Waals surface area (Å²) in [7, 11) is 0. The van der Waals surface area contributed by atoms with Gasteiger partial charge in [-0.25, -0.2) is 0 Å². The van der Waals surface area contributed by atoms with Crippen LogP contribution in [0.5, 0.6) is 0 Å². The molecular weight excluding hydrogens is 226 g/mol. The molecule has 0 spiro atoms. The zero-order valence-electron chi connectivity index (χ0n) is 9.13. The van der Waals surface area contributed by atoms with Crippen LogP contribution in [-0.2, 0) is 6.54 Å². The smallest absolute Gasteiger partial charge is 0.0931 e. The molecule has 2 rings (SSSR count). The van der Waals surface area contributed by atoms with Gasteiger partial charge in [0.2, 0.25) is 0 Å². The van der Waals surface area contributed by atoms with E-state index in [1.54, 1.807) is 11.3 Å². The summed E-state index contributed by atoms with van der Waals surface area (Å²) in [6, 6.07) is 4.81. The van der Waals surface area contributed by atoms with E-state index < -0.39 is 0 Å². The Morgan fingerprint density at radius 2 is 2.33 bits per heavy atom. The van der Waals surface area contributed by atoms with Crippen molar-refractivity contribution < 1.29 is 0 Å². The predicted octanol–water partition coefficient (Wildman–Crippen LogP) is 4.07. The first-order chi connectivity index (χ1) is 7.24. The van der Waals surface area contributed by atoms with Crippen molar-refractivity contribution in [2.24, 2.45) is 5.92 Å². The van der Waals surface area contributed by atoms with E-state index in [1.165, 1.54) is 30.6 Å². The highest BCUT2D eigenvalue weighted by Gasteiger charge is 2.18. The van der Waals surface area contributed by atoms with Crippen LogP contribution in [0.15, 0.2) is 12.1 Å². The molecule has 1 nitrogen and oxygen atoms in total. The molecule has 1 aromatic heterocycles. The molecule has 1 aliphatic carbocycles. The number of nitrogens with one attached hydrogen (secondary N) is 1. The van der Waals surface area contributed by atoms with E-state index in [0.29, 0.717) is 0 Å². The summed E-state index contributed by atoms with van der Waals surface area (Å²) in [4.78, 5) is 1.35. The van der Waals surface area contributed by atoms with Crippen LogP contribution in [0.25, 0.3) is 0 Å². The molecule has 1 heterocycles. The molecule has 3 heteroatoms. The summed E-state index contributed by atoms with van der Waals surface area (Å²) >= 11 is 7.58. The lowest BCUT2D eigenvalue weighted by Crippen LogP contribution is -2.32. The molecular formula is C12H18ClNS. The zero-order chi connectivity index (χ0) is 10.7. The summed E-state index contributed by atoms with van der Waals surface area (Å²) in [6.07, 6.45) is 5.45. The Hall–Kier alpha value is -0.0500. The third-order valence-electron chi connectivity index (χ3n) is 3.13. The molecule has 84 valence electrons. The molecule has 15 heavy (non-hydrogen) atoms. The summed E-state index contributed by atoms with van der Waals surface area (Å²) in [5.74, 6) is 0.892. The fourth-order valence-electron chi connectivity index (χ4n) is 2.31. The van der Waals surface area contributed by atoms with Gasteiger partial charge in [-0.3, -0.25) is 0 Å². The van der Waals surface area contributed by atoms with E-state index in [0.717, 1.165) is 22.8 Å². The van der Waals surface area contributed by atoms with Gasteiger partial charge in [0.25, 0.3) is 0 Å². The lowest BCUT2D eigenvalue weighted by atomic mass is 9.87. The van der Waals surface area contributed by atoms with Crippen molar-refractivity contribution in [3.8, 4) is 0 Å². The molecule has 0 bridgehead atoms. The molecule has 0 amide bonds. The van der Waals surface area contributed by atoms with Crippen molar-refractivity contribution in [2.45, 2.75) is 45.2 Å². The molecule has 1 N–H and O–H groups in total. The Labute approximate surface area is 101 Å². The average Bonchev–Trinajstić information content (AvgIpc) is 2.62. The van der Waals surface area contributed by atoms with Crippen molar-refractivity contribution in [2.75, 3.05) is 0 Å². The highest BCUT2D eigenvalue weighted by atomic mass is 35.5. The van der Waals surface area contributed by atoms with Crippen LogP contribution < -0.4 is 5.32 Å². The minimum atomic E-state index is 0.717. The van der Waals surface area contributed by atoms with Crippen LogP contribution in [0.4, 0.5) is 0 Å². The Bertz CT molecular complexity index is 310. The van der Waals surface area contributed by atoms with Crippen LogP contribution >= 0.6 is 22.9 Å². The first-order valence-electron chi connectivity index (χ1n) is 5.71. The highest BCUT2D eigenvalue weighted by Crippen LogP contribution is 2.25. The first-order valence-corrected chi connectivity index (χ1v) is 6.91. The fraction of sp³-hybridized carbons (Fsp3) is 0.667. The number of halogens is 1. The third-order valence-corrected chi connectivity index (χ3v) is 4.36. The molecule has 0 saturated heterocycles. The Kier molecular flexibility index (Phi) is 4.06. The minimum absolute atomic E-state index is 0.717. The maximum atomic E-state index is 5.90.